The zero-order valence-electron chi connectivity index (χ0n) is 21.1. The highest BCUT2D eigenvalue weighted by Gasteiger charge is 2.41. The molecule has 0 saturated carbocycles. The van der Waals surface area contributed by atoms with Gasteiger partial charge in [-0.2, -0.15) is 0 Å². The average molecular weight is 449 g/mol. The fourth-order valence-electron chi connectivity index (χ4n) is 4.28. The molecule has 1 aliphatic heterocycles. The standard InChI is InChI=1S/C25H44N4O3/c1-9-12-18(22(30)27-14-10-2)19(16-17(3)4)28-23(31)20-13-11-15-29(20)24(32)21(26-8)25(5,6)7/h10,12,17,19-21,26H,2,9,11,13-16H2,1,3-8H3,(H,27,30)(H,28,31)/b18-12+. The van der Waals surface area contributed by atoms with Gasteiger partial charge >= 0.3 is 0 Å². The predicted molar refractivity (Wildman–Crippen MR) is 130 cm³/mol. The van der Waals surface area contributed by atoms with E-state index in [4.69, 9.17) is 0 Å². The number of hydrogen-bond donors (Lipinski definition) is 3. The van der Waals surface area contributed by atoms with Crippen LogP contribution in [0, 0.1) is 11.3 Å². The van der Waals surface area contributed by atoms with E-state index in [0.29, 0.717) is 37.9 Å². The van der Waals surface area contributed by atoms with Crippen molar-refractivity contribution in [2.45, 2.75) is 85.4 Å². The van der Waals surface area contributed by atoms with E-state index in [9.17, 15) is 14.4 Å². The Bertz CT molecular complexity index is 694. The normalized spacial score (nSPS) is 18.9. The van der Waals surface area contributed by atoms with Crippen molar-refractivity contribution in [2.24, 2.45) is 11.3 Å². The first-order valence-electron chi connectivity index (χ1n) is 11.8. The van der Waals surface area contributed by atoms with Gasteiger partial charge in [0.05, 0.1) is 12.1 Å². The Kier molecular flexibility index (Phi) is 11.1. The van der Waals surface area contributed by atoms with E-state index in [1.807, 2.05) is 33.8 Å². The number of allylic oxidation sites excluding steroid dienone is 1. The number of rotatable bonds is 11. The van der Waals surface area contributed by atoms with Crippen molar-refractivity contribution in [3.63, 3.8) is 0 Å². The quantitative estimate of drug-likeness (QED) is 0.335. The summed E-state index contributed by atoms with van der Waals surface area (Å²) in [6, 6.07) is -1.30. The lowest BCUT2D eigenvalue weighted by atomic mass is 9.85. The lowest BCUT2D eigenvalue weighted by Crippen LogP contribution is -2.57. The van der Waals surface area contributed by atoms with Gasteiger partial charge in [0.1, 0.15) is 6.04 Å². The molecule has 1 rings (SSSR count). The van der Waals surface area contributed by atoms with Gasteiger partial charge in [-0.05, 0) is 44.1 Å². The van der Waals surface area contributed by atoms with E-state index < -0.39 is 12.1 Å². The van der Waals surface area contributed by atoms with Gasteiger partial charge < -0.3 is 20.9 Å². The molecule has 1 fully saturated rings. The van der Waals surface area contributed by atoms with Crippen molar-refractivity contribution in [3.05, 3.63) is 24.3 Å². The van der Waals surface area contributed by atoms with Crippen LogP contribution in [0.4, 0.5) is 0 Å². The third kappa shape index (κ3) is 7.76. The van der Waals surface area contributed by atoms with Crippen LogP contribution in [0.3, 0.4) is 0 Å². The Morgan fingerprint density at radius 2 is 1.88 bits per heavy atom. The summed E-state index contributed by atoms with van der Waals surface area (Å²) in [4.78, 5) is 41.1. The molecule has 32 heavy (non-hydrogen) atoms. The molecule has 0 radical (unpaired) electrons. The summed E-state index contributed by atoms with van der Waals surface area (Å²) in [7, 11) is 1.78. The first-order chi connectivity index (χ1) is 15.0. The lowest BCUT2D eigenvalue weighted by molar-refractivity contribution is -0.142. The van der Waals surface area contributed by atoms with E-state index in [-0.39, 0.29) is 35.1 Å². The fourth-order valence-corrected chi connectivity index (χ4v) is 4.28. The second-order valence-electron chi connectivity index (χ2n) is 10.0. The summed E-state index contributed by atoms with van der Waals surface area (Å²) in [6.45, 7) is 16.7. The van der Waals surface area contributed by atoms with Gasteiger partial charge in [0.15, 0.2) is 0 Å². The van der Waals surface area contributed by atoms with Gasteiger partial charge in [0.2, 0.25) is 17.7 Å². The molecule has 0 aromatic rings. The van der Waals surface area contributed by atoms with Crippen LogP contribution in [-0.2, 0) is 14.4 Å². The molecule has 1 saturated heterocycles. The largest absolute Gasteiger partial charge is 0.349 e. The van der Waals surface area contributed by atoms with Gasteiger partial charge in [-0.15, -0.1) is 6.58 Å². The summed E-state index contributed by atoms with van der Waals surface area (Å²) >= 11 is 0. The summed E-state index contributed by atoms with van der Waals surface area (Å²) < 4.78 is 0. The maximum absolute atomic E-state index is 13.4. The van der Waals surface area contributed by atoms with Crippen LogP contribution < -0.4 is 16.0 Å². The second kappa shape index (κ2) is 12.8. The molecule has 0 aliphatic carbocycles. The minimum absolute atomic E-state index is 0.0499. The molecule has 0 aromatic heterocycles. The Hall–Kier alpha value is -2.15. The number of likely N-dealkylation sites (N-methyl/N-ethyl adjacent to an activating group) is 1. The Morgan fingerprint density at radius 3 is 2.38 bits per heavy atom. The Labute approximate surface area is 194 Å². The van der Waals surface area contributed by atoms with E-state index in [1.54, 1.807) is 18.0 Å². The number of nitrogens with one attached hydrogen (secondary N) is 3. The number of amides is 3. The summed E-state index contributed by atoms with van der Waals surface area (Å²) in [5, 5.41) is 9.06. The van der Waals surface area contributed by atoms with E-state index >= 15 is 0 Å². The fraction of sp³-hybridized carbons (Fsp3) is 0.720. The van der Waals surface area contributed by atoms with Crippen molar-refractivity contribution < 1.29 is 14.4 Å². The molecule has 182 valence electrons. The second-order valence-corrected chi connectivity index (χ2v) is 10.0. The first-order valence-corrected chi connectivity index (χ1v) is 11.8. The molecule has 7 nitrogen and oxygen atoms in total. The molecule has 0 aromatic carbocycles. The zero-order valence-corrected chi connectivity index (χ0v) is 21.1. The molecule has 0 spiro atoms. The highest BCUT2D eigenvalue weighted by molar-refractivity contribution is 5.96. The molecule has 3 unspecified atom stereocenters. The first kappa shape index (κ1) is 27.9. The number of carbonyl (C=O) groups excluding carboxylic acids is 3. The van der Waals surface area contributed by atoms with Crippen molar-refractivity contribution in [3.8, 4) is 0 Å². The van der Waals surface area contributed by atoms with Gasteiger partial charge in [-0.3, -0.25) is 14.4 Å². The van der Waals surface area contributed by atoms with Crippen molar-refractivity contribution in [1.29, 1.82) is 0 Å². The maximum atomic E-state index is 13.4. The lowest BCUT2D eigenvalue weighted by Gasteiger charge is -2.35. The molecule has 7 heteroatoms. The van der Waals surface area contributed by atoms with Crippen molar-refractivity contribution >= 4 is 17.7 Å². The number of carbonyl (C=O) groups is 3. The Balaban J connectivity index is 3.10. The highest BCUT2D eigenvalue weighted by Crippen LogP contribution is 2.26. The van der Waals surface area contributed by atoms with Crippen LogP contribution in [-0.4, -0.2) is 60.9 Å². The van der Waals surface area contributed by atoms with Crippen LogP contribution >= 0.6 is 0 Å². The molecule has 3 N–H and O–H groups in total. The summed E-state index contributed by atoms with van der Waals surface area (Å²) in [6.07, 6.45) is 6.25. The average Bonchev–Trinajstić information content (AvgIpc) is 3.18. The third-order valence-corrected chi connectivity index (χ3v) is 5.73. The Morgan fingerprint density at radius 1 is 1.22 bits per heavy atom. The maximum Gasteiger partial charge on any atom is 0.249 e. The molecule has 0 bridgehead atoms. The highest BCUT2D eigenvalue weighted by atomic mass is 16.2. The monoisotopic (exact) mass is 448 g/mol. The molecular weight excluding hydrogens is 404 g/mol. The minimum Gasteiger partial charge on any atom is -0.349 e. The predicted octanol–water partition coefficient (Wildman–Crippen LogP) is 2.78. The van der Waals surface area contributed by atoms with Crippen LogP contribution in [0.1, 0.15) is 67.2 Å². The minimum atomic E-state index is -0.519. The molecule has 3 amide bonds. The van der Waals surface area contributed by atoms with Gasteiger partial charge in [-0.25, -0.2) is 0 Å². The van der Waals surface area contributed by atoms with Crippen molar-refractivity contribution in [1.82, 2.24) is 20.9 Å². The molecule has 3 atom stereocenters. The van der Waals surface area contributed by atoms with Crippen LogP contribution in [0.15, 0.2) is 24.3 Å². The van der Waals surface area contributed by atoms with Crippen LogP contribution in [0.25, 0.3) is 0 Å². The SMILES string of the molecule is C=CCNC(=O)/C(=C/CC)C(CC(C)C)NC(=O)C1CCCN1C(=O)C(NC)C(C)(C)C. The van der Waals surface area contributed by atoms with E-state index in [2.05, 4.69) is 36.4 Å². The van der Waals surface area contributed by atoms with Gasteiger partial charge in [0, 0.05) is 18.7 Å². The smallest absolute Gasteiger partial charge is 0.249 e. The molecule has 1 heterocycles. The number of likely N-dealkylation sites (tertiary alicyclic amines) is 1. The van der Waals surface area contributed by atoms with Crippen LogP contribution in [0.5, 0.6) is 0 Å². The van der Waals surface area contributed by atoms with Gasteiger partial charge in [-0.1, -0.05) is 53.7 Å². The topological polar surface area (TPSA) is 90.5 Å². The number of nitrogens with zero attached hydrogens (tertiary/aromatic N) is 1. The third-order valence-electron chi connectivity index (χ3n) is 5.73. The summed E-state index contributed by atoms with van der Waals surface area (Å²) in [5.41, 5.74) is 0.297. The number of hydrogen-bond acceptors (Lipinski definition) is 4. The van der Waals surface area contributed by atoms with Crippen molar-refractivity contribution in [2.75, 3.05) is 20.1 Å². The van der Waals surface area contributed by atoms with E-state index in [0.717, 1.165) is 6.42 Å². The van der Waals surface area contributed by atoms with Crippen LogP contribution in [0.2, 0.25) is 0 Å². The molecular formula is C25H44N4O3. The van der Waals surface area contributed by atoms with E-state index in [1.165, 1.54) is 0 Å². The summed E-state index contributed by atoms with van der Waals surface area (Å²) in [5.74, 6) is -0.154. The molecule has 1 aliphatic rings. The zero-order chi connectivity index (χ0) is 24.5. The van der Waals surface area contributed by atoms with Gasteiger partial charge in [0.25, 0.3) is 0 Å².